The molecule has 0 aliphatic carbocycles. The fourth-order valence-corrected chi connectivity index (χ4v) is 6.25. The number of carbonyl (C=O) groups is 1. The maximum atomic E-state index is 13.9. The van der Waals surface area contributed by atoms with Gasteiger partial charge in [0.15, 0.2) is 16.3 Å². The van der Waals surface area contributed by atoms with Crippen molar-refractivity contribution in [1.82, 2.24) is 4.57 Å². The van der Waals surface area contributed by atoms with Crippen LogP contribution in [0, 0.1) is 0 Å². The lowest BCUT2D eigenvalue weighted by molar-refractivity contribution is -0.139. The number of thiazole rings is 1. The van der Waals surface area contributed by atoms with Crippen LogP contribution < -0.4 is 29.1 Å². The first-order valence-corrected chi connectivity index (χ1v) is 14.9. The second-order valence-corrected chi connectivity index (χ2v) is 11.4. The number of halogens is 2. The van der Waals surface area contributed by atoms with Crippen molar-refractivity contribution in [2.24, 2.45) is 4.99 Å². The molecule has 222 valence electrons. The van der Waals surface area contributed by atoms with Gasteiger partial charge >= 0.3 is 5.97 Å². The Morgan fingerprint density at radius 3 is 2.44 bits per heavy atom. The van der Waals surface area contributed by atoms with E-state index in [1.807, 2.05) is 30.3 Å². The lowest BCUT2D eigenvalue weighted by Crippen LogP contribution is -2.39. The molecule has 43 heavy (non-hydrogen) atoms. The number of rotatable bonds is 9. The maximum absolute atomic E-state index is 13.9. The summed E-state index contributed by atoms with van der Waals surface area (Å²) in [5.41, 5.74) is 2.76. The molecule has 2 heterocycles. The Morgan fingerprint density at radius 1 is 1.02 bits per heavy atom. The minimum Gasteiger partial charge on any atom is -0.493 e. The van der Waals surface area contributed by atoms with E-state index < -0.39 is 12.0 Å². The second kappa shape index (κ2) is 13.1. The molecular formula is C32H28Cl2N2O6S. The van der Waals surface area contributed by atoms with Crippen LogP contribution in [-0.4, -0.2) is 31.4 Å². The Balaban J connectivity index is 1.51. The second-order valence-electron chi connectivity index (χ2n) is 9.51. The van der Waals surface area contributed by atoms with Crippen molar-refractivity contribution in [1.29, 1.82) is 0 Å². The highest BCUT2D eigenvalue weighted by atomic mass is 35.5. The Labute approximate surface area is 262 Å². The van der Waals surface area contributed by atoms with Crippen LogP contribution in [0.4, 0.5) is 0 Å². The minimum atomic E-state index is -0.771. The van der Waals surface area contributed by atoms with Crippen LogP contribution in [0.2, 0.25) is 10.0 Å². The van der Waals surface area contributed by atoms with Gasteiger partial charge in [0, 0.05) is 15.6 Å². The zero-order valence-electron chi connectivity index (χ0n) is 23.9. The summed E-state index contributed by atoms with van der Waals surface area (Å²) in [7, 11) is 3.08. The summed E-state index contributed by atoms with van der Waals surface area (Å²) < 4.78 is 24.2. The standard InChI is InChI=1S/C32H28Cl2N2O6S/c1-5-41-31(38)28-18(2)35-32-36(29(28)20-9-13-25(39-3)26(15-20)40-4)30(37)27(43-32)14-19-6-11-23(12-7-19)42-17-21-8-10-22(33)16-24(21)34/h6-16,29H,5,17H2,1-4H3. The van der Waals surface area contributed by atoms with Gasteiger partial charge in [-0.1, -0.05) is 58.8 Å². The van der Waals surface area contributed by atoms with Gasteiger partial charge in [-0.3, -0.25) is 9.36 Å². The summed E-state index contributed by atoms with van der Waals surface area (Å²) >= 11 is 13.5. The van der Waals surface area contributed by atoms with Crippen LogP contribution >= 0.6 is 34.5 Å². The third kappa shape index (κ3) is 6.34. The van der Waals surface area contributed by atoms with Crippen molar-refractivity contribution in [2.75, 3.05) is 20.8 Å². The van der Waals surface area contributed by atoms with Crippen LogP contribution in [0.25, 0.3) is 6.08 Å². The number of ether oxygens (including phenoxy) is 4. The molecule has 0 bridgehead atoms. The lowest BCUT2D eigenvalue weighted by Gasteiger charge is -2.25. The number of benzene rings is 3. The molecule has 0 radical (unpaired) electrons. The zero-order valence-corrected chi connectivity index (χ0v) is 26.2. The molecule has 1 atom stereocenters. The van der Waals surface area contributed by atoms with Crippen LogP contribution in [0.3, 0.4) is 0 Å². The highest BCUT2D eigenvalue weighted by Crippen LogP contribution is 2.36. The molecule has 0 saturated heterocycles. The normalized spacial score (nSPS) is 14.7. The summed E-state index contributed by atoms with van der Waals surface area (Å²) in [6, 6.07) is 17.2. The zero-order chi connectivity index (χ0) is 30.7. The molecule has 1 unspecified atom stereocenters. The highest BCUT2D eigenvalue weighted by Gasteiger charge is 2.34. The van der Waals surface area contributed by atoms with E-state index in [2.05, 4.69) is 4.99 Å². The van der Waals surface area contributed by atoms with Crippen molar-refractivity contribution < 1.29 is 23.7 Å². The Hall–Kier alpha value is -4.05. The average molecular weight is 640 g/mol. The van der Waals surface area contributed by atoms with Crippen molar-refractivity contribution in [2.45, 2.75) is 26.5 Å². The molecule has 0 fully saturated rings. The van der Waals surface area contributed by atoms with Crippen LogP contribution in [-0.2, 0) is 16.1 Å². The Bertz CT molecular complexity index is 1900. The first kappa shape index (κ1) is 30.4. The van der Waals surface area contributed by atoms with Gasteiger partial charge in [0.05, 0.1) is 42.7 Å². The van der Waals surface area contributed by atoms with Crippen LogP contribution in [0.5, 0.6) is 17.2 Å². The number of hydrogen-bond donors (Lipinski definition) is 0. The van der Waals surface area contributed by atoms with E-state index in [0.29, 0.717) is 47.9 Å². The minimum absolute atomic E-state index is 0.186. The van der Waals surface area contributed by atoms with Gasteiger partial charge in [-0.05, 0) is 67.4 Å². The summed E-state index contributed by atoms with van der Waals surface area (Å²) in [5.74, 6) is 1.11. The number of esters is 1. The van der Waals surface area contributed by atoms with E-state index >= 15 is 0 Å². The first-order chi connectivity index (χ1) is 20.7. The lowest BCUT2D eigenvalue weighted by atomic mass is 9.95. The third-order valence-corrected chi connectivity index (χ3v) is 8.40. The summed E-state index contributed by atoms with van der Waals surface area (Å²) in [6.45, 7) is 3.95. The molecule has 1 aliphatic rings. The number of aromatic nitrogens is 1. The van der Waals surface area contributed by atoms with Gasteiger partial charge in [-0.2, -0.15) is 0 Å². The van der Waals surface area contributed by atoms with E-state index in [4.69, 9.17) is 42.1 Å². The fourth-order valence-electron chi connectivity index (χ4n) is 4.74. The van der Waals surface area contributed by atoms with Gasteiger partial charge < -0.3 is 18.9 Å². The molecule has 3 aromatic carbocycles. The van der Waals surface area contributed by atoms with E-state index in [0.717, 1.165) is 11.1 Å². The predicted molar refractivity (Wildman–Crippen MR) is 167 cm³/mol. The molecule has 4 aromatic rings. The fraction of sp³-hybridized carbons (Fsp3) is 0.219. The molecule has 8 nitrogen and oxygen atoms in total. The first-order valence-electron chi connectivity index (χ1n) is 13.3. The van der Waals surface area contributed by atoms with Crippen molar-refractivity contribution in [3.63, 3.8) is 0 Å². The quantitative estimate of drug-likeness (QED) is 0.219. The van der Waals surface area contributed by atoms with E-state index in [9.17, 15) is 9.59 Å². The SMILES string of the molecule is CCOC(=O)C1=C(C)N=c2sc(=Cc3ccc(OCc4ccc(Cl)cc4Cl)cc3)c(=O)n2C1c1ccc(OC)c(OC)c1. The largest absolute Gasteiger partial charge is 0.493 e. The summed E-state index contributed by atoms with van der Waals surface area (Å²) in [5, 5.41) is 1.10. The number of nitrogens with zero attached hydrogens (tertiary/aromatic N) is 2. The Morgan fingerprint density at radius 2 is 1.77 bits per heavy atom. The van der Waals surface area contributed by atoms with Gasteiger partial charge in [0.2, 0.25) is 0 Å². The smallest absolute Gasteiger partial charge is 0.338 e. The van der Waals surface area contributed by atoms with Crippen molar-refractivity contribution >= 4 is 46.6 Å². The molecule has 0 spiro atoms. The van der Waals surface area contributed by atoms with Crippen molar-refractivity contribution in [3.8, 4) is 17.2 Å². The van der Waals surface area contributed by atoms with Crippen LogP contribution in [0.15, 0.2) is 81.7 Å². The molecule has 1 aromatic heterocycles. The van der Waals surface area contributed by atoms with Crippen molar-refractivity contribution in [3.05, 3.63) is 118 Å². The topological polar surface area (TPSA) is 88.4 Å². The third-order valence-electron chi connectivity index (χ3n) is 6.83. The molecule has 0 saturated carbocycles. The summed E-state index contributed by atoms with van der Waals surface area (Å²) in [6.07, 6.45) is 1.79. The van der Waals surface area contributed by atoms with Crippen LogP contribution in [0.1, 0.15) is 36.6 Å². The molecule has 1 aliphatic heterocycles. The molecular weight excluding hydrogens is 611 g/mol. The number of fused-ring (bicyclic) bond motifs is 1. The van der Waals surface area contributed by atoms with Gasteiger partial charge in [0.25, 0.3) is 5.56 Å². The maximum Gasteiger partial charge on any atom is 0.338 e. The number of hydrogen-bond acceptors (Lipinski definition) is 8. The monoisotopic (exact) mass is 638 g/mol. The van der Waals surface area contributed by atoms with Gasteiger partial charge in [-0.25, -0.2) is 9.79 Å². The average Bonchev–Trinajstić information content (AvgIpc) is 3.30. The number of methoxy groups -OCH3 is 2. The molecule has 0 N–H and O–H groups in total. The molecule has 11 heteroatoms. The number of carbonyl (C=O) groups excluding carboxylic acids is 1. The van der Waals surface area contributed by atoms with Gasteiger partial charge in [-0.15, -0.1) is 0 Å². The van der Waals surface area contributed by atoms with Gasteiger partial charge in [0.1, 0.15) is 12.4 Å². The molecule has 0 amide bonds. The highest BCUT2D eigenvalue weighted by molar-refractivity contribution is 7.07. The number of allylic oxidation sites excluding steroid dienone is 1. The van der Waals surface area contributed by atoms with E-state index in [1.165, 1.54) is 23.0 Å². The van der Waals surface area contributed by atoms with E-state index in [-0.39, 0.29) is 24.3 Å². The van der Waals surface area contributed by atoms with E-state index in [1.54, 1.807) is 57.4 Å². The Kier molecular flexibility index (Phi) is 9.25. The predicted octanol–water partition coefficient (Wildman–Crippen LogP) is 5.70. The summed E-state index contributed by atoms with van der Waals surface area (Å²) in [4.78, 5) is 32.2. The molecule has 5 rings (SSSR count).